The van der Waals surface area contributed by atoms with Crippen LogP contribution in [0.15, 0.2) is 24.3 Å². The van der Waals surface area contributed by atoms with Crippen molar-refractivity contribution >= 4 is 5.78 Å². The third-order valence-corrected chi connectivity index (χ3v) is 5.24. The molecule has 0 aliphatic carbocycles. The number of carbonyl (C=O) groups excluding carboxylic acids is 1. The Labute approximate surface area is 127 Å². The number of piperidine rings is 1. The van der Waals surface area contributed by atoms with Crippen molar-refractivity contribution in [2.45, 2.75) is 46.0 Å². The predicted molar refractivity (Wildman–Crippen MR) is 84.0 cm³/mol. The van der Waals surface area contributed by atoms with Gasteiger partial charge in [0.2, 0.25) is 0 Å². The second kappa shape index (κ2) is 7.17. The molecule has 0 radical (unpaired) electrons. The molecule has 1 aliphatic heterocycles. The molecule has 0 aromatic heterocycles. The Morgan fingerprint density at radius 2 is 1.71 bits per heavy atom. The molecule has 0 bridgehead atoms. The molecule has 1 fully saturated rings. The van der Waals surface area contributed by atoms with Crippen LogP contribution in [-0.4, -0.2) is 30.3 Å². The Hall–Kier alpha value is -1.22. The number of likely N-dealkylation sites (tertiary alicyclic amines) is 1. The summed E-state index contributed by atoms with van der Waals surface area (Å²) in [6, 6.07) is 5.86. The summed E-state index contributed by atoms with van der Waals surface area (Å²) in [6.07, 6.45) is 5.52. The van der Waals surface area contributed by atoms with Crippen molar-refractivity contribution in [3.63, 3.8) is 0 Å². The summed E-state index contributed by atoms with van der Waals surface area (Å²) in [6.45, 7) is 7.59. The highest BCUT2D eigenvalue weighted by molar-refractivity contribution is 5.96. The molecule has 0 amide bonds. The number of Topliss-reactive ketones (excluding diaryl/α,β-unsaturated/α-hetero) is 1. The topological polar surface area (TPSA) is 20.3 Å². The van der Waals surface area contributed by atoms with Crippen molar-refractivity contribution in [1.82, 2.24) is 4.90 Å². The maximum Gasteiger partial charge on any atom is 0.164 e. The van der Waals surface area contributed by atoms with Crippen LogP contribution in [0.4, 0.5) is 4.39 Å². The molecule has 0 unspecified atom stereocenters. The van der Waals surface area contributed by atoms with E-state index < -0.39 is 0 Å². The molecule has 1 saturated heterocycles. The van der Waals surface area contributed by atoms with E-state index in [1.54, 1.807) is 12.1 Å². The van der Waals surface area contributed by atoms with Gasteiger partial charge in [-0.15, -0.1) is 0 Å². The first-order chi connectivity index (χ1) is 10.1. The maximum absolute atomic E-state index is 12.8. The average molecular weight is 291 g/mol. The zero-order chi connectivity index (χ0) is 15.3. The molecule has 0 N–H and O–H groups in total. The summed E-state index contributed by atoms with van der Waals surface area (Å²) in [5.41, 5.74) is 1.14. The molecule has 1 aromatic carbocycles. The number of nitrogens with zero attached hydrogens (tertiary/aromatic N) is 1. The quantitative estimate of drug-likeness (QED) is 0.728. The van der Waals surface area contributed by atoms with Crippen LogP contribution < -0.4 is 0 Å². The predicted octanol–water partition coefficient (Wildman–Crippen LogP) is 4.30. The van der Waals surface area contributed by atoms with Crippen LogP contribution in [0, 0.1) is 11.2 Å². The summed E-state index contributed by atoms with van der Waals surface area (Å²) >= 11 is 0. The molecule has 116 valence electrons. The third-order valence-electron chi connectivity index (χ3n) is 5.24. The van der Waals surface area contributed by atoms with E-state index in [2.05, 4.69) is 18.7 Å². The van der Waals surface area contributed by atoms with Crippen LogP contribution in [0.1, 0.15) is 56.3 Å². The van der Waals surface area contributed by atoms with Crippen molar-refractivity contribution in [3.8, 4) is 0 Å². The van der Waals surface area contributed by atoms with Gasteiger partial charge in [0.1, 0.15) is 5.82 Å². The molecule has 0 atom stereocenters. The van der Waals surface area contributed by atoms with Gasteiger partial charge in [-0.05, 0) is 55.6 Å². The molecular formula is C18H26FNO. The van der Waals surface area contributed by atoms with E-state index in [9.17, 15) is 9.18 Å². The molecule has 1 aromatic rings. The monoisotopic (exact) mass is 291 g/mol. The highest BCUT2D eigenvalue weighted by atomic mass is 19.1. The molecular weight excluding hydrogens is 265 g/mol. The first kappa shape index (κ1) is 16.2. The van der Waals surface area contributed by atoms with E-state index in [-0.39, 0.29) is 11.6 Å². The number of rotatable bonds is 6. The van der Waals surface area contributed by atoms with Crippen LogP contribution in [0.3, 0.4) is 0 Å². The van der Waals surface area contributed by atoms with E-state index in [4.69, 9.17) is 0 Å². The van der Waals surface area contributed by atoms with Gasteiger partial charge in [-0.2, -0.15) is 0 Å². The zero-order valence-electron chi connectivity index (χ0n) is 13.2. The van der Waals surface area contributed by atoms with Gasteiger partial charge in [0, 0.05) is 18.5 Å². The molecule has 1 aliphatic rings. The summed E-state index contributed by atoms with van der Waals surface area (Å²) in [4.78, 5) is 14.5. The van der Waals surface area contributed by atoms with Crippen LogP contribution in [-0.2, 0) is 0 Å². The van der Waals surface area contributed by atoms with Crippen molar-refractivity contribution in [3.05, 3.63) is 35.6 Å². The number of hydrogen-bond donors (Lipinski definition) is 0. The molecule has 0 saturated carbocycles. The number of hydrogen-bond acceptors (Lipinski definition) is 2. The lowest BCUT2D eigenvalue weighted by atomic mass is 9.74. The van der Waals surface area contributed by atoms with Gasteiger partial charge in [-0.3, -0.25) is 4.79 Å². The summed E-state index contributed by atoms with van der Waals surface area (Å²) in [5, 5.41) is 0. The van der Waals surface area contributed by atoms with Gasteiger partial charge < -0.3 is 4.90 Å². The summed E-state index contributed by atoms with van der Waals surface area (Å²) in [7, 11) is 0. The molecule has 21 heavy (non-hydrogen) atoms. The van der Waals surface area contributed by atoms with Gasteiger partial charge in [-0.25, -0.2) is 4.39 Å². The second-order valence-electron chi connectivity index (χ2n) is 6.23. The van der Waals surface area contributed by atoms with Crippen molar-refractivity contribution in [2.75, 3.05) is 19.6 Å². The Balaban J connectivity index is 1.79. The first-order valence-electron chi connectivity index (χ1n) is 8.10. The van der Waals surface area contributed by atoms with Gasteiger partial charge in [0.05, 0.1) is 0 Å². The van der Waals surface area contributed by atoms with E-state index in [0.717, 1.165) is 19.6 Å². The second-order valence-corrected chi connectivity index (χ2v) is 6.23. The fourth-order valence-electron chi connectivity index (χ4n) is 3.25. The number of carbonyl (C=O) groups is 1. The molecule has 3 heteroatoms. The highest BCUT2D eigenvalue weighted by Gasteiger charge is 2.31. The number of ketones is 1. The van der Waals surface area contributed by atoms with Crippen LogP contribution >= 0.6 is 0 Å². The summed E-state index contributed by atoms with van der Waals surface area (Å²) < 4.78 is 12.8. The van der Waals surface area contributed by atoms with Crippen LogP contribution in [0.2, 0.25) is 0 Å². The Kier molecular flexibility index (Phi) is 5.51. The van der Waals surface area contributed by atoms with Gasteiger partial charge in [-0.1, -0.05) is 26.7 Å². The van der Waals surface area contributed by atoms with Crippen LogP contribution in [0.5, 0.6) is 0 Å². The third kappa shape index (κ3) is 4.13. The fraction of sp³-hybridized carbons (Fsp3) is 0.611. The van der Waals surface area contributed by atoms with Crippen molar-refractivity contribution in [2.24, 2.45) is 5.41 Å². The van der Waals surface area contributed by atoms with Gasteiger partial charge in [0.25, 0.3) is 0 Å². The Morgan fingerprint density at radius 1 is 1.14 bits per heavy atom. The lowest BCUT2D eigenvalue weighted by Gasteiger charge is -2.41. The lowest BCUT2D eigenvalue weighted by molar-refractivity contribution is 0.0841. The minimum absolute atomic E-state index is 0.109. The normalized spacial score (nSPS) is 18.6. The largest absolute Gasteiger partial charge is 0.303 e. The molecule has 2 nitrogen and oxygen atoms in total. The SMILES string of the molecule is CCC1(CC)CCN(CCC(=O)c2ccc(F)cc2)CC1. The van der Waals surface area contributed by atoms with E-state index in [1.165, 1.54) is 37.8 Å². The lowest BCUT2D eigenvalue weighted by Crippen LogP contribution is -2.40. The maximum atomic E-state index is 12.8. The Bertz CT molecular complexity index is 455. The fourth-order valence-corrected chi connectivity index (χ4v) is 3.25. The number of benzene rings is 1. The summed E-state index contributed by atoms with van der Waals surface area (Å²) in [5.74, 6) is -0.184. The van der Waals surface area contributed by atoms with Crippen molar-refractivity contribution < 1.29 is 9.18 Å². The molecule has 1 heterocycles. The molecule has 0 spiro atoms. The zero-order valence-corrected chi connectivity index (χ0v) is 13.2. The van der Waals surface area contributed by atoms with E-state index >= 15 is 0 Å². The number of halogens is 1. The first-order valence-corrected chi connectivity index (χ1v) is 8.10. The standard InChI is InChI=1S/C18H26FNO/c1-3-18(4-2)10-13-20(14-11-18)12-9-17(21)15-5-7-16(19)8-6-15/h5-8H,3-4,9-14H2,1-2H3. The minimum atomic E-state index is -0.293. The van der Waals surface area contributed by atoms with Crippen molar-refractivity contribution in [1.29, 1.82) is 0 Å². The van der Waals surface area contributed by atoms with Gasteiger partial charge >= 0.3 is 0 Å². The average Bonchev–Trinajstić information content (AvgIpc) is 2.54. The molecule has 2 rings (SSSR count). The van der Waals surface area contributed by atoms with Crippen LogP contribution in [0.25, 0.3) is 0 Å². The van der Waals surface area contributed by atoms with E-state index in [0.29, 0.717) is 17.4 Å². The Morgan fingerprint density at radius 3 is 2.24 bits per heavy atom. The van der Waals surface area contributed by atoms with E-state index in [1.807, 2.05) is 0 Å². The minimum Gasteiger partial charge on any atom is -0.303 e. The smallest absolute Gasteiger partial charge is 0.164 e. The van der Waals surface area contributed by atoms with Gasteiger partial charge in [0.15, 0.2) is 5.78 Å². The highest BCUT2D eigenvalue weighted by Crippen LogP contribution is 2.37.